The number of allylic oxidation sites excluding steroid dienone is 1. The second-order valence-corrected chi connectivity index (χ2v) is 17.0. The lowest BCUT2D eigenvalue weighted by Crippen LogP contribution is -2.43. The fourth-order valence-electron chi connectivity index (χ4n) is 9.06. The van der Waals surface area contributed by atoms with E-state index in [1.54, 1.807) is 0 Å². The average Bonchev–Trinajstić information content (AvgIpc) is 4.21. The fraction of sp³-hybridized carbons (Fsp3) is 0.192. The summed E-state index contributed by atoms with van der Waals surface area (Å²) < 4.78 is 131. The SMILES string of the molecule is C=CCn1cc(C(O)(c2ccc3c(cnn3-c3ccc(F)cc3)c2)C(F)(F)F)c2ccnc(OC)c21.COc1nccc2c(C(O)(c3ccc4c(cnn4-c4ccc(F)cc4)c3)C(F)(F)F)cn(CC(O)CO)c12. The lowest BCUT2D eigenvalue weighted by molar-refractivity contribution is -0.248. The summed E-state index contributed by atoms with van der Waals surface area (Å²) in [5.41, 5.74) is -6.12. The molecule has 0 amide bonds. The molecule has 22 heteroatoms. The normalized spacial score (nSPS) is 14.2. The zero-order valence-corrected chi connectivity index (χ0v) is 38.9. The molecule has 3 unspecified atom stereocenters. The molecule has 0 saturated heterocycles. The van der Waals surface area contributed by atoms with Crippen molar-refractivity contribution in [2.24, 2.45) is 0 Å². The molecule has 14 nitrogen and oxygen atoms in total. The van der Waals surface area contributed by atoms with Crippen molar-refractivity contribution >= 4 is 43.6 Å². The fourth-order valence-corrected chi connectivity index (χ4v) is 9.06. The van der Waals surface area contributed by atoms with Crippen LogP contribution in [0.2, 0.25) is 0 Å². The Bertz CT molecular complexity index is 3680. The minimum Gasteiger partial charge on any atom is -0.479 e. The highest BCUT2D eigenvalue weighted by Gasteiger charge is 2.59. The van der Waals surface area contributed by atoms with Crippen LogP contribution in [0.3, 0.4) is 0 Å². The summed E-state index contributed by atoms with van der Waals surface area (Å²) in [4.78, 5) is 8.14. The number of ether oxygens (including phenoxy) is 2. The van der Waals surface area contributed by atoms with Crippen molar-refractivity contribution in [2.75, 3.05) is 20.8 Å². The Morgan fingerprint density at radius 3 is 1.43 bits per heavy atom. The van der Waals surface area contributed by atoms with E-state index in [4.69, 9.17) is 9.47 Å². The summed E-state index contributed by atoms with van der Waals surface area (Å²) in [6, 6.07) is 21.4. The number of alkyl halides is 6. The predicted octanol–water partition coefficient (Wildman–Crippen LogP) is 9.18. The summed E-state index contributed by atoms with van der Waals surface area (Å²) in [5, 5.41) is 51.5. The minimum atomic E-state index is -5.17. The number of aliphatic hydroxyl groups is 4. The van der Waals surface area contributed by atoms with Gasteiger partial charge in [0.2, 0.25) is 23.0 Å². The van der Waals surface area contributed by atoms with Gasteiger partial charge in [-0.2, -0.15) is 36.5 Å². The molecule has 0 fully saturated rings. The molecule has 0 aliphatic heterocycles. The largest absolute Gasteiger partial charge is 0.479 e. The van der Waals surface area contributed by atoms with Gasteiger partial charge in [0.25, 0.3) is 0 Å². The van der Waals surface area contributed by atoms with Crippen LogP contribution in [-0.2, 0) is 24.3 Å². The van der Waals surface area contributed by atoms with Gasteiger partial charge in [-0.1, -0.05) is 18.2 Å². The maximum absolute atomic E-state index is 14.8. The number of rotatable bonds is 13. The van der Waals surface area contributed by atoms with Gasteiger partial charge in [-0.25, -0.2) is 28.1 Å². The maximum Gasteiger partial charge on any atom is 0.425 e. The molecule has 3 atom stereocenters. The van der Waals surface area contributed by atoms with Crippen molar-refractivity contribution < 1.29 is 65.0 Å². The van der Waals surface area contributed by atoms with Gasteiger partial charge in [-0.15, -0.1) is 6.58 Å². The highest BCUT2D eigenvalue weighted by molar-refractivity contribution is 5.91. The zero-order valence-electron chi connectivity index (χ0n) is 38.9. The quantitative estimate of drug-likeness (QED) is 0.0645. The van der Waals surface area contributed by atoms with Crippen molar-refractivity contribution in [3.05, 3.63) is 181 Å². The van der Waals surface area contributed by atoms with Crippen molar-refractivity contribution in [3.63, 3.8) is 0 Å². The van der Waals surface area contributed by atoms with Crippen LogP contribution < -0.4 is 9.47 Å². The highest BCUT2D eigenvalue weighted by Crippen LogP contribution is 2.50. The van der Waals surface area contributed by atoms with Gasteiger partial charge >= 0.3 is 12.4 Å². The number of nitrogens with zero attached hydrogens (tertiary/aromatic N) is 8. The number of halogens is 8. The van der Waals surface area contributed by atoms with Crippen molar-refractivity contribution in [1.82, 2.24) is 38.7 Å². The van der Waals surface area contributed by atoms with Gasteiger partial charge in [0, 0.05) is 64.0 Å². The smallest absolute Gasteiger partial charge is 0.425 e. The zero-order chi connectivity index (χ0) is 52.9. The van der Waals surface area contributed by atoms with E-state index in [1.807, 2.05) is 0 Å². The minimum absolute atomic E-state index is 0.00363. The molecule has 74 heavy (non-hydrogen) atoms. The Morgan fingerprint density at radius 1 is 0.622 bits per heavy atom. The average molecular weight is 1030 g/mol. The predicted molar refractivity (Wildman–Crippen MR) is 256 cm³/mol. The molecule has 0 saturated carbocycles. The molecule has 10 aromatic rings. The molecular weight excluding hydrogens is 985 g/mol. The molecule has 382 valence electrons. The summed E-state index contributed by atoms with van der Waals surface area (Å²) >= 11 is 0. The van der Waals surface area contributed by atoms with Crippen molar-refractivity contribution in [1.29, 1.82) is 0 Å². The molecule has 4 N–H and O–H groups in total. The Morgan fingerprint density at radius 2 is 1.04 bits per heavy atom. The summed E-state index contributed by atoms with van der Waals surface area (Å²) in [6.07, 6.45) is -2.34. The van der Waals surface area contributed by atoms with Crippen LogP contribution in [0.1, 0.15) is 22.3 Å². The van der Waals surface area contributed by atoms with Crippen molar-refractivity contribution in [2.45, 2.75) is 42.7 Å². The Hall–Kier alpha value is -8.18. The number of benzene rings is 4. The van der Waals surface area contributed by atoms with E-state index in [2.05, 4.69) is 26.7 Å². The lowest BCUT2D eigenvalue weighted by Gasteiger charge is -2.31. The third kappa shape index (κ3) is 8.63. The van der Waals surface area contributed by atoms with Gasteiger partial charge in [0.05, 0.1) is 68.3 Å². The Kier molecular flexibility index (Phi) is 13.3. The second-order valence-electron chi connectivity index (χ2n) is 17.0. The van der Waals surface area contributed by atoms with E-state index >= 15 is 0 Å². The van der Waals surface area contributed by atoms with Gasteiger partial charge in [0.1, 0.15) is 22.7 Å². The number of aliphatic hydroxyl groups excluding tert-OH is 2. The molecule has 0 aliphatic carbocycles. The van der Waals surface area contributed by atoms with Crippen LogP contribution in [-0.4, -0.2) is 98.4 Å². The van der Waals surface area contributed by atoms with Crippen LogP contribution in [0.5, 0.6) is 11.8 Å². The van der Waals surface area contributed by atoms with E-state index in [-0.39, 0.29) is 52.3 Å². The van der Waals surface area contributed by atoms with Crippen LogP contribution in [0.15, 0.2) is 147 Å². The molecule has 4 aromatic carbocycles. The summed E-state index contributed by atoms with van der Waals surface area (Å²) in [7, 11) is 2.67. The Balaban J connectivity index is 0.000000182. The van der Waals surface area contributed by atoms with Gasteiger partial charge < -0.3 is 39.0 Å². The molecule has 0 bridgehead atoms. The number of hydrogen-bond donors (Lipinski definition) is 4. The monoisotopic (exact) mass is 1030 g/mol. The number of fused-ring (bicyclic) bond motifs is 4. The van der Waals surface area contributed by atoms with Gasteiger partial charge in [0.15, 0.2) is 0 Å². The second kappa shape index (κ2) is 19.3. The number of pyridine rings is 2. The molecule has 10 rings (SSSR count). The van der Waals surface area contributed by atoms with Gasteiger partial charge in [-0.05, 0) is 96.1 Å². The van der Waals surface area contributed by atoms with Gasteiger partial charge in [-0.3, -0.25) is 0 Å². The van der Waals surface area contributed by atoms with Crippen LogP contribution in [0.25, 0.3) is 55.0 Å². The van der Waals surface area contributed by atoms with Crippen molar-refractivity contribution in [3.8, 4) is 23.1 Å². The summed E-state index contributed by atoms with van der Waals surface area (Å²) in [6.45, 7) is 2.94. The van der Waals surface area contributed by atoms with E-state index < -0.39 is 59.0 Å². The first-order valence-corrected chi connectivity index (χ1v) is 22.3. The molecular formula is C52H42F8N8O6. The van der Waals surface area contributed by atoms with Crippen LogP contribution >= 0.6 is 0 Å². The maximum atomic E-state index is 14.8. The van der Waals surface area contributed by atoms with E-state index in [1.165, 1.54) is 161 Å². The molecule has 0 aliphatic rings. The topological polar surface area (TPSA) is 171 Å². The third-order valence-corrected chi connectivity index (χ3v) is 12.6. The Labute approximate surface area is 413 Å². The van der Waals surface area contributed by atoms with Crippen LogP contribution in [0.4, 0.5) is 35.1 Å². The highest BCUT2D eigenvalue weighted by atomic mass is 19.4. The van der Waals surface area contributed by atoms with E-state index in [0.29, 0.717) is 38.7 Å². The number of methoxy groups -OCH3 is 2. The van der Waals surface area contributed by atoms with E-state index in [0.717, 1.165) is 12.3 Å². The van der Waals surface area contributed by atoms with E-state index in [9.17, 15) is 55.5 Å². The molecule has 0 radical (unpaired) electrons. The summed E-state index contributed by atoms with van der Waals surface area (Å²) in [5.74, 6) is -0.754. The van der Waals surface area contributed by atoms with Crippen LogP contribution in [0, 0.1) is 11.6 Å². The third-order valence-electron chi connectivity index (χ3n) is 12.6. The first kappa shape index (κ1) is 50.7. The molecule has 6 aromatic heterocycles. The molecule has 6 heterocycles. The first-order valence-electron chi connectivity index (χ1n) is 22.3. The lowest BCUT2D eigenvalue weighted by atomic mass is 9.85. The first-order chi connectivity index (χ1) is 35.3. The standard InChI is InChI=1S/C26H22F4N4O4.C26H20F4N4O2/c1-38-24-23-20(8-9-31-24)21(13-33(23)12-19(36)14-35)25(37,26(28,29)30)16-2-7-22-15(10-16)11-32-34(22)18-5-3-17(27)4-6-18;1-3-12-33-15-21(20-10-11-31-24(36-2)23(20)33)25(35,26(28,29)30)17-4-9-22-16(13-17)14-32-34(22)19-7-5-18(27)6-8-19/h2-11,13,19,35-37H,12,14H2,1H3;3-11,13-15,35H,1,12H2,2H3. The number of hydrogen-bond acceptors (Lipinski definition) is 10. The molecule has 0 spiro atoms. The number of aromatic nitrogens is 8.